The fraction of sp³-hybridized carbons (Fsp3) is 0.526. The van der Waals surface area contributed by atoms with E-state index in [1.165, 1.54) is 0 Å². The van der Waals surface area contributed by atoms with E-state index in [-0.39, 0.29) is 12.3 Å². The third-order valence-electron chi connectivity index (χ3n) is 4.95. The Morgan fingerprint density at radius 3 is 2.52 bits per heavy atom. The van der Waals surface area contributed by atoms with Crippen LogP contribution < -0.4 is 15.1 Å². The molecular formula is C19H28N4O2. The van der Waals surface area contributed by atoms with E-state index >= 15 is 0 Å². The van der Waals surface area contributed by atoms with Gasteiger partial charge in [-0.3, -0.25) is 4.90 Å². The largest absolute Gasteiger partial charge is 0.461 e. The Kier molecular flexibility index (Phi) is 5.18. The monoisotopic (exact) mass is 344 g/mol. The number of benzene rings is 1. The average molecular weight is 344 g/mol. The molecule has 2 aliphatic heterocycles. The van der Waals surface area contributed by atoms with E-state index < -0.39 is 0 Å². The zero-order valence-electron chi connectivity index (χ0n) is 15.6. The standard InChI is InChI=1S/C19H28N4O2/c1-5-21(6-2)12-13-22-15-10-8-9-11-16(15)23-17(18(24)25-7-3)14(4)20-19(22)23/h8-11,19-20H,5-7,12-13H2,1-4H3. The van der Waals surface area contributed by atoms with E-state index in [9.17, 15) is 4.79 Å². The third-order valence-corrected chi connectivity index (χ3v) is 4.95. The molecule has 1 unspecified atom stereocenters. The van der Waals surface area contributed by atoms with E-state index in [2.05, 4.69) is 46.0 Å². The van der Waals surface area contributed by atoms with Gasteiger partial charge in [-0.15, -0.1) is 0 Å². The number of para-hydroxylation sites is 2. The van der Waals surface area contributed by atoms with Crippen LogP contribution in [0.3, 0.4) is 0 Å². The second-order valence-electron chi connectivity index (χ2n) is 6.29. The number of carbonyl (C=O) groups excluding carboxylic acids is 1. The van der Waals surface area contributed by atoms with Gasteiger partial charge in [0.25, 0.3) is 0 Å². The lowest BCUT2D eigenvalue weighted by Gasteiger charge is -2.30. The van der Waals surface area contributed by atoms with Crippen LogP contribution in [0.2, 0.25) is 0 Å². The van der Waals surface area contributed by atoms with Crippen molar-refractivity contribution in [1.82, 2.24) is 10.2 Å². The molecule has 0 radical (unpaired) electrons. The van der Waals surface area contributed by atoms with Crippen molar-refractivity contribution in [2.45, 2.75) is 34.0 Å². The number of nitrogens with one attached hydrogen (secondary N) is 1. The number of hydrogen-bond acceptors (Lipinski definition) is 6. The van der Waals surface area contributed by atoms with E-state index in [1.54, 1.807) is 0 Å². The van der Waals surface area contributed by atoms with Gasteiger partial charge in [-0.05, 0) is 39.1 Å². The summed E-state index contributed by atoms with van der Waals surface area (Å²) in [6.45, 7) is 12.5. The summed E-state index contributed by atoms with van der Waals surface area (Å²) in [6, 6.07) is 8.25. The molecule has 6 nitrogen and oxygen atoms in total. The summed E-state index contributed by atoms with van der Waals surface area (Å²) in [5, 5.41) is 3.47. The Balaban J connectivity index is 1.89. The molecule has 6 heteroatoms. The Morgan fingerprint density at radius 1 is 1.20 bits per heavy atom. The lowest BCUT2D eigenvalue weighted by atomic mass is 10.2. The van der Waals surface area contributed by atoms with Gasteiger partial charge in [0, 0.05) is 18.8 Å². The average Bonchev–Trinajstić information content (AvgIpc) is 3.10. The maximum atomic E-state index is 12.5. The van der Waals surface area contributed by atoms with Crippen LogP contribution in [0.1, 0.15) is 27.7 Å². The summed E-state index contributed by atoms with van der Waals surface area (Å²) < 4.78 is 5.28. The van der Waals surface area contributed by atoms with Gasteiger partial charge >= 0.3 is 5.97 Å². The van der Waals surface area contributed by atoms with Crippen LogP contribution in [-0.4, -0.2) is 49.9 Å². The Bertz CT molecular complexity index is 669. The summed E-state index contributed by atoms with van der Waals surface area (Å²) in [6.07, 6.45) is -0.0626. The quantitative estimate of drug-likeness (QED) is 0.766. The highest BCUT2D eigenvalue weighted by Gasteiger charge is 2.45. The first-order chi connectivity index (χ1) is 12.1. The Hall–Kier alpha value is -2.21. The molecule has 2 aliphatic rings. The van der Waals surface area contributed by atoms with E-state index in [0.29, 0.717) is 12.3 Å². The minimum absolute atomic E-state index is 0.0626. The van der Waals surface area contributed by atoms with Crippen molar-refractivity contribution in [3.05, 3.63) is 35.7 Å². The molecule has 0 saturated carbocycles. The fourth-order valence-corrected chi connectivity index (χ4v) is 3.62. The number of nitrogens with zero attached hydrogens (tertiary/aromatic N) is 3. The van der Waals surface area contributed by atoms with Crippen molar-refractivity contribution in [3.63, 3.8) is 0 Å². The first-order valence-electron chi connectivity index (χ1n) is 9.14. The SMILES string of the molecule is CCOC(=O)C1=C(C)NC2N(CCN(CC)CC)c3ccccc3N12. The molecule has 0 fully saturated rings. The number of esters is 1. The predicted molar refractivity (Wildman–Crippen MR) is 100 cm³/mol. The van der Waals surface area contributed by atoms with Gasteiger partial charge < -0.3 is 19.9 Å². The summed E-state index contributed by atoms with van der Waals surface area (Å²) >= 11 is 0. The second kappa shape index (κ2) is 7.35. The van der Waals surface area contributed by atoms with Crippen molar-refractivity contribution in [2.75, 3.05) is 42.6 Å². The molecule has 1 atom stereocenters. The number of anilines is 2. The van der Waals surface area contributed by atoms with Crippen molar-refractivity contribution in [2.24, 2.45) is 0 Å². The highest BCUT2D eigenvalue weighted by molar-refractivity contribution is 5.98. The summed E-state index contributed by atoms with van der Waals surface area (Å²) in [7, 11) is 0. The van der Waals surface area contributed by atoms with Gasteiger partial charge in [0.15, 0.2) is 6.29 Å². The van der Waals surface area contributed by atoms with Gasteiger partial charge in [0.2, 0.25) is 0 Å². The van der Waals surface area contributed by atoms with Crippen molar-refractivity contribution in [1.29, 1.82) is 0 Å². The molecule has 0 amide bonds. The number of fused-ring (bicyclic) bond motifs is 3. The van der Waals surface area contributed by atoms with Gasteiger partial charge in [-0.25, -0.2) is 4.79 Å². The van der Waals surface area contributed by atoms with E-state index in [1.807, 2.05) is 26.0 Å². The first kappa shape index (κ1) is 17.6. The molecular weight excluding hydrogens is 316 g/mol. The van der Waals surface area contributed by atoms with Crippen LogP contribution in [0, 0.1) is 0 Å². The molecule has 2 heterocycles. The molecule has 3 rings (SSSR count). The molecule has 0 aromatic heterocycles. The number of carbonyl (C=O) groups is 1. The third kappa shape index (κ3) is 3.06. The van der Waals surface area contributed by atoms with E-state index in [4.69, 9.17) is 4.74 Å². The Morgan fingerprint density at radius 2 is 1.88 bits per heavy atom. The number of rotatable bonds is 7. The topological polar surface area (TPSA) is 48.1 Å². The van der Waals surface area contributed by atoms with Crippen molar-refractivity contribution >= 4 is 17.3 Å². The van der Waals surface area contributed by atoms with E-state index in [0.717, 1.165) is 43.3 Å². The van der Waals surface area contributed by atoms with Crippen LogP contribution in [0.5, 0.6) is 0 Å². The van der Waals surface area contributed by atoms with Crippen LogP contribution in [-0.2, 0) is 9.53 Å². The maximum absolute atomic E-state index is 12.5. The zero-order valence-corrected chi connectivity index (χ0v) is 15.6. The number of likely N-dealkylation sites (N-methyl/N-ethyl adjacent to an activating group) is 1. The predicted octanol–water partition coefficient (Wildman–Crippen LogP) is 2.34. The zero-order chi connectivity index (χ0) is 18.0. The first-order valence-corrected chi connectivity index (χ1v) is 9.14. The van der Waals surface area contributed by atoms with Gasteiger partial charge in [-0.1, -0.05) is 26.0 Å². The molecule has 0 bridgehead atoms. The lowest BCUT2D eigenvalue weighted by Crippen LogP contribution is -2.50. The van der Waals surface area contributed by atoms with Crippen LogP contribution in [0.25, 0.3) is 0 Å². The summed E-state index contributed by atoms with van der Waals surface area (Å²) in [5.74, 6) is -0.268. The van der Waals surface area contributed by atoms with Crippen molar-refractivity contribution in [3.8, 4) is 0 Å². The number of allylic oxidation sites excluding steroid dienone is 1. The smallest absolute Gasteiger partial charge is 0.356 e. The lowest BCUT2D eigenvalue weighted by molar-refractivity contribution is -0.138. The molecule has 0 spiro atoms. The summed E-state index contributed by atoms with van der Waals surface area (Å²) in [5.41, 5.74) is 3.69. The molecule has 0 saturated heterocycles. The van der Waals surface area contributed by atoms with Crippen molar-refractivity contribution < 1.29 is 9.53 Å². The highest BCUT2D eigenvalue weighted by Crippen LogP contribution is 2.44. The van der Waals surface area contributed by atoms with Crippen LogP contribution >= 0.6 is 0 Å². The number of ether oxygens (including phenoxy) is 1. The van der Waals surface area contributed by atoms with Gasteiger partial charge in [0.1, 0.15) is 5.70 Å². The van der Waals surface area contributed by atoms with Gasteiger partial charge in [0.05, 0.1) is 18.0 Å². The fourth-order valence-electron chi connectivity index (χ4n) is 3.62. The molecule has 1 aromatic rings. The minimum atomic E-state index is -0.268. The molecule has 25 heavy (non-hydrogen) atoms. The molecule has 136 valence electrons. The molecule has 1 N–H and O–H groups in total. The van der Waals surface area contributed by atoms with Crippen LogP contribution in [0.4, 0.5) is 11.4 Å². The Labute approximate surface area is 150 Å². The molecule has 1 aromatic carbocycles. The van der Waals surface area contributed by atoms with Gasteiger partial charge in [-0.2, -0.15) is 0 Å². The highest BCUT2D eigenvalue weighted by atomic mass is 16.5. The molecule has 0 aliphatic carbocycles. The summed E-state index contributed by atoms with van der Waals surface area (Å²) in [4.78, 5) is 19.3. The second-order valence-corrected chi connectivity index (χ2v) is 6.29. The maximum Gasteiger partial charge on any atom is 0.356 e. The minimum Gasteiger partial charge on any atom is -0.461 e. The normalized spacial score (nSPS) is 18.5. The number of hydrogen-bond donors (Lipinski definition) is 1. The van der Waals surface area contributed by atoms with Crippen LogP contribution in [0.15, 0.2) is 35.7 Å².